The minimum Gasteiger partial charge on any atom is -0.340 e. The number of benzene rings is 1. The van der Waals surface area contributed by atoms with Gasteiger partial charge in [-0.1, -0.05) is 23.6 Å². The normalized spacial score (nSPS) is 10.7. The highest BCUT2D eigenvalue weighted by Crippen LogP contribution is 2.29. The lowest BCUT2D eigenvalue weighted by Crippen LogP contribution is -2.23. The van der Waals surface area contributed by atoms with Crippen molar-refractivity contribution < 1.29 is 4.79 Å². The number of nitrogens with one attached hydrogen (secondary N) is 2. The zero-order chi connectivity index (χ0) is 19.6. The number of aromatic amines is 1. The highest BCUT2D eigenvalue weighted by atomic mass is 32.2. The maximum Gasteiger partial charge on any atom is 0.262 e. The van der Waals surface area contributed by atoms with Gasteiger partial charge in [-0.05, 0) is 38.0 Å². The predicted octanol–water partition coefficient (Wildman–Crippen LogP) is 3.57. The Morgan fingerprint density at radius 3 is 2.89 bits per heavy atom. The Balaban J connectivity index is 1.90. The number of thioether (sulfide) groups is 1. The Morgan fingerprint density at radius 1 is 1.37 bits per heavy atom. The molecule has 0 fully saturated rings. The number of aryl methyl sites for hydroxylation is 3. The van der Waals surface area contributed by atoms with Gasteiger partial charge in [0.2, 0.25) is 0 Å². The van der Waals surface area contributed by atoms with Gasteiger partial charge >= 0.3 is 0 Å². The van der Waals surface area contributed by atoms with E-state index in [-0.39, 0.29) is 18.0 Å². The zero-order valence-corrected chi connectivity index (χ0v) is 16.9. The molecule has 2 heterocycles. The number of terminal acetylenes is 1. The summed E-state index contributed by atoms with van der Waals surface area (Å²) >= 11 is 2.85. The van der Waals surface area contributed by atoms with E-state index in [4.69, 9.17) is 6.42 Å². The van der Waals surface area contributed by atoms with E-state index in [2.05, 4.69) is 53.3 Å². The molecule has 0 spiro atoms. The van der Waals surface area contributed by atoms with Crippen LogP contribution < -0.4 is 10.9 Å². The van der Waals surface area contributed by atoms with Crippen molar-refractivity contribution in [3.8, 4) is 12.3 Å². The highest BCUT2D eigenvalue weighted by molar-refractivity contribution is 7.98. The fraction of sp³-hybridized carbons (Fsp3) is 0.250. The SMILES string of the molecule is C#CCNC(=O)c1sc2nc(CSc3cc(C)ccc3C)[nH]c(=O)c2c1C. The maximum atomic E-state index is 12.5. The van der Waals surface area contributed by atoms with E-state index in [1.54, 1.807) is 18.7 Å². The van der Waals surface area contributed by atoms with E-state index in [9.17, 15) is 9.59 Å². The van der Waals surface area contributed by atoms with Crippen LogP contribution in [0, 0.1) is 33.1 Å². The molecule has 27 heavy (non-hydrogen) atoms. The lowest BCUT2D eigenvalue weighted by molar-refractivity contribution is 0.0962. The number of carbonyl (C=O) groups excluding carboxylic acids is 1. The number of aromatic nitrogens is 2. The average Bonchev–Trinajstić information content (AvgIpc) is 2.97. The van der Waals surface area contributed by atoms with Crippen molar-refractivity contribution in [2.75, 3.05) is 6.54 Å². The standard InChI is InChI=1S/C20H19N3O2S2/c1-5-8-21-19(25)17-13(4)16-18(24)22-15(23-20(16)27-17)10-26-14-9-11(2)6-7-12(14)3/h1,6-7,9H,8,10H2,2-4H3,(H,21,25)(H,22,23,24). The summed E-state index contributed by atoms with van der Waals surface area (Å²) in [5, 5.41) is 3.10. The first-order chi connectivity index (χ1) is 12.9. The van der Waals surface area contributed by atoms with Crippen molar-refractivity contribution >= 4 is 39.2 Å². The summed E-state index contributed by atoms with van der Waals surface area (Å²) in [4.78, 5) is 34.4. The van der Waals surface area contributed by atoms with Crippen molar-refractivity contribution in [2.45, 2.75) is 31.4 Å². The molecule has 0 aliphatic rings. The molecule has 0 atom stereocenters. The molecule has 2 N–H and O–H groups in total. The second kappa shape index (κ2) is 7.99. The van der Waals surface area contributed by atoms with Gasteiger partial charge in [0.15, 0.2) is 0 Å². The molecule has 0 bridgehead atoms. The minimum absolute atomic E-state index is 0.147. The topological polar surface area (TPSA) is 74.8 Å². The molecule has 1 aromatic carbocycles. The molecule has 5 nitrogen and oxygen atoms in total. The number of hydrogen-bond acceptors (Lipinski definition) is 5. The molecular formula is C20H19N3O2S2. The van der Waals surface area contributed by atoms with E-state index in [0.29, 0.717) is 32.2 Å². The Bertz CT molecular complexity index is 1120. The molecule has 138 valence electrons. The lowest BCUT2D eigenvalue weighted by Gasteiger charge is -2.06. The summed E-state index contributed by atoms with van der Waals surface area (Å²) < 4.78 is 0. The van der Waals surface area contributed by atoms with E-state index in [1.807, 2.05) is 0 Å². The highest BCUT2D eigenvalue weighted by Gasteiger charge is 2.19. The van der Waals surface area contributed by atoms with Crippen LogP contribution in [0.3, 0.4) is 0 Å². The van der Waals surface area contributed by atoms with Gasteiger partial charge < -0.3 is 10.3 Å². The van der Waals surface area contributed by atoms with Crippen LogP contribution in [0.1, 0.15) is 32.2 Å². The summed E-state index contributed by atoms with van der Waals surface area (Å²) in [6.45, 7) is 6.01. The predicted molar refractivity (Wildman–Crippen MR) is 112 cm³/mol. The fourth-order valence-electron chi connectivity index (χ4n) is 2.69. The third-order valence-corrected chi connectivity index (χ3v) is 6.47. The second-order valence-corrected chi connectivity index (χ2v) is 8.21. The van der Waals surface area contributed by atoms with E-state index >= 15 is 0 Å². The van der Waals surface area contributed by atoms with Crippen molar-refractivity contribution in [3.63, 3.8) is 0 Å². The minimum atomic E-state index is -0.279. The van der Waals surface area contributed by atoms with Crippen LogP contribution in [-0.4, -0.2) is 22.4 Å². The van der Waals surface area contributed by atoms with Crippen LogP contribution in [0.2, 0.25) is 0 Å². The summed E-state index contributed by atoms with van der Waals surface area (Å²) in [5.41, 5.74) is 2.79. The molecule has 1 amide bonds. The number of hydrogen-bond donors (Lipinski definition) is 2. The quantitative estimate of drug-likeness (QED) is 0.510. The first kappa shape index (κ1) is 19.2. The third-order valence-electron chi connectivity index (χ3n) is 4.11. The first-order valence-electron chi connectivity index (χ1n) is 8.34. The van der Waals surface area contributed by atoms with Crippen LogP contribution in [0.15, 0.2) is 27.9 Å². The molecule has 0 saturated carbocycles. The number of fused-ring (bicyclic) bond motifs is 1. The lowest BCUT2D eigenvalue weighted by atomic mass is 10.2. The van der Waals surface area contributed by atoms with Gasteiger partial charge in [-0.2, -0.15) is 0 Å². The molecule has 3 aromatic rings. The van der Waals surface area contributed by atoms with Crippen LogP contribution >= 0.6 is 23.1 Å². The maximum absolute atomic E-state index is 12.5. The van der Waals surface area contributed by atoms with Crippen LogP contribution in [0.25, 0.3) is 10.2 Å². The number of thiophene rings is 1. The number of amides is 1. The van der Waals surface area contributed by atoms with Crippen molar-refractivity contribution in [1.82, 2.24) is 15.3 Å². The summed E-state index contributed by atoms with van der Waals surface area (Å²) in [6.07, 6.45) is 5.18. The molecule has 0 radical (unpaired) electrons. The summed E-state index contributed by atoms with van der Waals surface area (Å²) in [5.74, 6) is 3.23. The van der Waals surface area contributed by atoms with E-state index < -0.39 is 0 Å². The van der Waals surface area contributed by atoms with Gasteiger partial charge in [0.05, 0.1) is 22.6 Å². The van der Waals surface area contributed by atoms with Gasteiger partial charge in [-0.15, -0.1) is 29.5 Å². The number of H-pyrrole nitrogens is 1. The van der Waals surface area contributed by atoms with Gasteiger partial charge in [-0.25, -0.2) is 4.98 Å². The molecule has 0 aliphatic heterocycles. The van der Waals surface area contributed by atoms with E-state index in [0.717, 1.165) is 4.90 Å². The Kier molecular flexibility index (Phi) is 5.68. The van der Waals surface area contributed by atoms with Crippen LogP contribution in [-0.2, 0) is 5.75 Å². The molecule has 0 aliphatic carbocycles. The molecule has 0 unspecified atom stereocenters. The number of nitrogens with zero attached hydrogens (tertiary/aromatic N) is 1. The smallest absolute Gasteiger partial charge is 0.262 e. The van der Waals surface area contributed by atoms with Gasteiger partial charge in [-0.3, -0.25) is 9.59 Å². The third kappa shape index (κ3) is 4.07. The number of carbonyl (C=O) groups is 1. The molecule has 0 saturated heterocycles. The molecule has 7 heteroatoms. The zero-order valence-electron chi connectivity index (χ0n) is 15.3. The van der Waals surface area contributed by atoms with Gasteiger partial charge in [0, 0.05) is 4.90 Å². The second-order valence-electron chi connectivity index (χ2n) is 6.19. The van der Waals surface area contributed by atoms with Gasteiger partial charge in [0.1, 0.15) is 10.7 Å². The molecule has 3 rings (SSSR count). The van der Waals surface area contributed by atoms with Crippen molar-refractivity contribution in [1.29, 1.82) is 0 Å². The molecular weight excluding hydrogens is 378 g/mol. The van der Waals surface area contributed by atoms with Crippen molar-refractivity contribution in [3.05, 3.63) is 55.9 Å². The monoisotopic (exact) mass is 397 g/mol. The first-order valence-corrected chi connectivity index (χ1v) is 10.1. The van der Waals surface area contributed by atoms with Gasteiger partial charge in [0.25, 0.3) is 11.5 Å². The number of rotatable bonds is 5. The summed E-state index contributed by atoms with van der Waals surface area (Å²) in [7, 11) is 0. The largest absolute Gasteiger partial charge is 0.340 e. The Morgan fingerprint density at radius 2 is 2.15 bits per heavy atom. The van der Waals surface area contributed by atoms with E-state index in [1.165, 1.54) is 22.5 Å². The van der Waals surface area contributed by atoms with Crippen molar-refractivity contribution in [2.24, 2.45) is 0 Å². The van der Waals surface area contributed by atoms with Crippen LogP contribution in [0.5, 0.6) is 0 Å². The molecule has 2 aromatic heterocycles. The average molecular weight is 398 g/mol. The fourth-order valence-corrected chi connectivity index (χ4v) is 4.80. The Hall–Kier alpha value is -2.56. The summed E-state index contributed by atoms with van der Waals surface area (Å²) in [6, 6.07) is 6.29. The Labute approximate surface area is 165 Å². The van der Waals surface area contributed by atoms with Crippen LogP contribution in [0.4, 0.5) is 0 Å².